The average Bonchev–Trinajstić information content (AvgIpc) is 3.32. The number of fused-ring (bicyclic) bond motifs is 1. The van der Waals surface area contributed by atoms with Gasteiger partial charge in [0.25, 0.3) is 11.8 Å². The first-order chi connectivity index (χ1) is 20.1. The van der Waals surface area contributed by atoms with E-state index in [9.17, 15) is 18.8 Å². The van der Waals surface area contributed by atoms with E-state index in [0.717, 1.165) is 12.8 Å². The van der Waals surface area contributed by atoms with Crippen LogP contribution in [0.4, 0.5) is 15.9 Å². The van der Waals surface area contributed by atoms with Gasteiger partial charge in [-0.2, -0.15) is 5.10 Å². The molecule has 10 nitrogen and oxygen atoms in total. The Morgan fingerprint density at radius 2 is 1.95 bits per heavy atom. The number of rotatable bonds is 9. The van der Waals surface area contributed by atoms with Crippen LogP contribution in [0.25, 0.3) is 27.9 Å². The molecule has 2 heterocycles. The molecule has 5 rings (SSSR count). The molecule has 11 heteroatoms. The molecular weight excluding hydrogens is 539 g/mol. The van der Waals surface area contributed by atoms with Gasteiger partial charge < -0.3 is 21.1 Å². The molecule has 216 valence electrons. The Kier molecular flexibility index (Phi) is 7.75. The lowest BCUT2D eigenvalue weighted by molar-refractivity contribution is -0.114. The third kappa shape index (κ3) is 5.32. The summed E-state index contributed by atoms with van der Waals surface area (Å²) < 4.78 is 20.4. The molecule has 0 bridgehead atoms. The number of nitrogen functional groups attached to an aromatic ring is 1. The highest BCUT2D eigenvalue weighted by molar-refractivity contribution is 6.04. The Morgan fingerprint density at radius 3 is 2.57 bits per heavy atom. The standard InChI is InChI=1S/C31H31FN6O4/c1-16-12-21(36-30(40)17(2)32)9-11-22(16)27-26(28-29(33)34-15-24(18(3)39)38(28)37-27)20-8-10-23(25(13-20)42-4)31(41)35-14-19-6-5-7-19/h8-13,15,19H,2,5-7,14H2,1,3-4H3,(H2,33,34)(H,35,41)(H,36,40). The minimum Gasteiger partial charge on any atom is -0.496 e. The second-order valence-electron chi connectivity index (χ2n) is 10.4. The number of carbonyl (C=O) groups is 3. The van der Waals surface area contributed by atoms with Crippen LogP contribution in [0.2, 0.25) is 0 Å². The van der Waals surface area contributed by atoms with Gasteiger partial charge in [-0.25, -0.2) is 13.9 Å². The van der Waals surface area contributed by atoms with E-state index in [-0.39, 0.29) is 23.2 Å². The van der Waals surface area contributed by atoms with E-state index in [1.807, 2.05) is 6.92 Å². The highest BCUT2D eigenvalue weighted by Gasteiger charge is 2.25. The number of nitrogens with zero attached hydrogens (tertiary/aromatic N) is 3. The summed E-state index contributed by atoms with van der Waals surface area (Å²) in [6.07, 6.45) is 4.79. The predicted octanol–water partition coefficient (Wildman–Crippen LogP) is 5.12. The lowest BCUT2D eigenvalue weighted by atomic mass is 9.85. The van der Waals surface area contributed by atoms with Gasteiger partial charge in [0.1, 0.15) is 28.5 Å². The minimum atomic E-state index is -1.10. The van der Waals surface area contributed by atoms with Crippen LogP contribution < -0.4 is 21.1 Å². The maximum Gasteiger partial charge on any atom is 0.283 e. The highest BCUT2D eigenvalue weighted by Crippen LogP contribution is 2.41. The van der Waals surface area contributed by atoms with Crippen molar-refractivity contribution in [2.45, 2.75) is 33.1 Å². The largest absolute Gasteiger partial charge is 0.496 e. The van der Waals surface area contributed by atoms with E-state index in [2.05, 4.69) is 22.2 Å². The number of hydrogen-bond donors (Lipinski definition) is 3. The molecule has 0 saturated heterocycles. The van der Waals surface area contributed by atoms with Gasteiger partial charge in [-0.1, -0.05) is 25.1 Å². The Bertz CT molecular complexity index is 1760. The van der Waals surface area contributed by atoms with Crippen LogP contribution >= 0.6 is 0 Å². The maximum absolute atomic E-state index is 13.3. The molecule has 4 aromatic rings. The number of carbonyl (C=O) groups excluding carboxylic acids is 3. The number of aryl methyl sites for hydroxylation is 1. The van der Waals surface area contributed by atoms with Crippen LogP contribution in [0.1, 0.15) is 52.6 Å². The van der Waals surface area contributed by atoms with Crippen molar-refractivity contribution < 1.29 is 23.5 Å². The molecule has 1 saturated carbocycles. The molecule has 4 N–H and O–H groups in total. The van der Waals surface area contributed by atoms with Gasteiger partial charge in [0.2, 0.25) is 0 Å². The number of halogens is 1. The van der Waals surface area contributed by atoms with Gasteiger partial charge in [-0.3, -0.25) is 14.4 Å². The van der Waals surface area contributed by atoms with Crippen molar-refractivity contribution in [3.63, 3.8) is 0 Å². The molecule has 0 radical (unpaired) electrons. The van der Waals surface area contributed by atoms with E-state index < -0.39 is 11.7 Å². The second-order valence-corrected chi connectivity index (χ2v) is 10.4. The second kappa shape index (κ2) is 11.4. The first kappa shape index (κ1) is 28.5. The van der Waals surface area contributed by atoms with Crippen molar-refractivity contribution in [2.75, 3.05) is 24.7 Å². The van der Waals surface area contributed by atoms with Crippen molar-refractivity contribution in [1.29, 1.82) is 0 Å². The molecule has 1 aliphatic rings. The minimum absolute atomic E-state index is 0.151. The SMILES string of the molecule is C=C(F)C(=O)Nc1ccc(-c2nn3c(C(C)=O)cnc(N)c3c2-c2ccc(C(=O)NCC3CCC3)c(OC)c2)c(C)c1. The van der Waals surface area contributed by atoms with Gasteiger partial charge in [0, 0.05) is 30.3 Å². The van der Waals surface area contributed by atoms with Crippen molar-refractivity contribution in [1.82, 2.24) is 19.9 Å². The average molecular weight is 571 g/mol. The summed E-state index contributed by atoms with van der Waals surface area (Å²) in [4.78, 5) is 41.6. The van der Waals surface area contributed by atoms with Gasteiger partial charge in [-0.15, -0.1) is 0 Å². The quantitative estimate of drug-likeness (QED) is 0.187. The van der Waals surface area contributed by atoms with Crippen molar-refractivity contribution in [3.05, 3.63) is 71.8 Å². The van der Waals surface area contributed by atoms with Gasteiger partial charge in [0.05, 0.1) is 18.9 Å². The Labute approximate surface area is 241 Å². The number of methoxy groups -OCH3 is 1. The van der Waals surface area contributed by atoms with Crippen LogP contribution in [-0.2, 0) is 4.79 Å². The van der Waals surface area contributed by atoms with Gasteiger partial charge >= 0.3 is 0 Å². The van der Waals surface area contributed by atoms with E-state index in [4.69, 9.17) is 15.6 Å². The molecule has 2 aromatic carbocycles. The fourth-order valence-corrected chi connectivity index (χ4v) is 5.05. The number of ketones is 1. The van der Waals surface area contributed by atoms with Gasteiger partial charge in [-0.05, 0) is 61.1 Å². The topological polar surface area (TPSA) is 141 Å². The number of nitrogens with one attached hydrogen (secondary N) is 2. The fourth-order valence-electron chi connectivity index (χ4n) is 5.05. The molecule has 42 heavy (non-hydrogen) atoms. The normalized spacial score (nSPS) is 13.0. The fraction of sp³-hybridized carbons (Fsp3) is 0.258. The number of Topliss-reactive ketones (excluding diaryl/α,β-unsaturated/α-hetero) is 1. The summed E-state index contributed by atoms with van der Waals surface area (Å²) in [5.74, 6) is -1.51. The first-order valence-corrected chi connectivity index (χ1v) is 13.5. The first-order valence-electron chi connectivity index (χ1n) is 13.5. The van der Waals surface area contributed by atoms with Crippen molar-refractivity contribution in [3.8, 4) is 28.1 Å². The van der Waals surface area contributed by atoms with E-state index in [1.54, 1.807) is 36.4 Å². The zero-order chi connectivity index (χ0) is 30.1. The van der Waals surface area contributed by atoms with Crippen LogP contribution in [-0.4, -0.2) is 45.9 Å². The maximum atomic E-state index is 13.3. The molecule has 2 amide bonds. The monoisotopic (exact) mass is 570 g/mol. The number of ether oxygens (including phenoxy) is 1. The molecule has 2 aromatic heterocycles. The number of aromatic nitrogens is 3. The Morgan fingerprint density at radius 1 is 1.19 bits per heavy atom. The number of amides is 2. The molecule has 0 spiro atoms. The summed E-state index contributed by atoms with van der Waals surface area (Å²) in [6, 6.07) is 10.2. The summed E-state index contributed by atoms with van der Waals surface area (Å²) in [7, 11) is 1.49. The summed E-state index contributed by atoms with van der Waals surface area (Å²) in [5, 5.41) is 10.2. The van der Waals surface area contributed by atoms with Crippen molar-refractivity contribution >= 4 is 34.6 Å². The summed E-state index contributed by atoms with van der Waals surface area (Å²) >= 11 is 0. The molecular formula is C31H31FN6O4. The van der Waals surface area contributed by atoms with Crippen molar-refractivity contribution in [2.24, 2.45) is 5.92 Å². The lowest BCUT2D eigenvalue weighted by Gasteiger charge is -2.25. The molecule has 0 unspecified atom stereocenters. The summed E-state index contributed by atoms with van der Waals surface area (Å²) in [5.41, 5.74) is 10.8. The van der Waals surface area contributed by atoms with E-state index in [0.29, 0.717) is 62.9 Å². The third-order valence-electron chi connectivity index (χ3n) is 7.54. The molecule has 0 aliphatic heterocycles. The zero-order valence-electron chi connectivity index (χ0n) is 23.6. The van der Waals surface area contributed by atoms with Crippen LogP contribution in [0.3, 0.4) is 0 Å². The zero-order valence-corrected chi connectivity index (χ0v) is 23.6. The molecule has 1 aliphatic carbocycles. The molecule has 1 fully saturated rings. The van der Waals surface area contributed by atoms with Crippen LogP contribution in [0, 0.1) is 12.8 Å². The Balaban J connectivity index is 1.65. The predicted molar refractivity (Wildman–Crippen MR) is 158 cm³/mol. The number of nitrogens with two attached hydrogens (primary N) is 1. The van der Waals surface area contributed by atoms with E-state index >= 15 is 0 Å². The van der Waals surface area contributed by atoms with Gasteiger partial charge in [0.15, 0.2) is 11.6 Å². The third-order valence-corrected chi connectivity index (χ3v) is 7.54. The Hall–Kier alpha value is -5.06. The smallest absolute Gasteiger partial charge is 0.283 e. The number of hydrogen-bond acceptors (Lipinski definition) is 7. The molecule has 0 atom stereocenters. The van der Waals surface area contributed by atoms with E-state index in [1.165, 1.54) is 31.2 Å². The van der Waals surface area contributed by atoms with Crippen LogP contribution in [0.15, 0.2) is 55.0 Å². The lowest BCUT2D eigenvalue weighted by Crippen LogP contribution is -2.32. The van der Waals surface area contributed by atoms with Crippen LogP contribution in [0.5, 0.6) is 5.75 Å². The number of anilines is 2. The highest BCUT2D eigenvalue weighted by atomic mass is 19.1. The number of benzene rings is 2. The summed E-state index contributed by atoms with van der Waals surface area (Å²) in [6.45, 7) is 6.86.